The number of benzene rings is 1. The fourth-order valence-corrected chi connectivity index (χ4v) is 5.34. The van der Waals surface area contributed by atoms with Gasteiger partial charge >= 0.3 is 0 Å². The number of nitrogens with zero attached hydrogens (tertiary/aromatic N) is 1. The number of nitrogens with one attached hydrogen (secondary N) is 1. The smallest absolute Gasteiger partial charge is 0.274 e. The van der Waals surface area contributed by atoms with Crippen molar-refractivity contribution in [2.24, 2.45) is 5.41 Å². The molecular formula is C20H28N2O2. The number of carbonyl (C=O) groups is 1. The van der Waals surface area contributed by atoms with Gasteiger partial charge in [0.1, 0.15) is 0 Å². The Morgan fingerprint density at radius 3 is 2.67 bits per heavy atom. The van der Waals surface area contributed by atoms with Gasteiger partial charge in [-0.2, -0.15) is 0 Å². The van der Waals surface area contributed by atoms with E-state index in [0.717, 1.165) is 19.0 Å². The summed E-state index contributed by atoms with van der Waals surface area (Å²) in [4.78, 5) is 14.3. The second kappa shape index (κ2) is 6.16. The first-order chi connectivity index (χ1) is 11.6. The topological polar surface area (TPSA) is 52.6 Å². The highest BCUT2D eigenvalue weighted by molar-refractivity contribution is 5.93. The molecule has 0 unspecified atom stereocenters. The molecule has 2 N–H and O–H groups in total. The summed E-state index contributed by atoms with van der Waals surface area (Å²) < 4.78 is 0. The van der Waals surface area contributed by atoms with Crippen molar-refractivity contribution in [3.05, 3.63) is 34.9 Å². The molecule has 4 rings (SSSR count). The SMILES string of the molecule is C[C@H]1Cc2cc(C(=O)NO)ccc2CN1C1CC2(CCCCC2)C1. The summed E-state index contributed by atoms with van der Waals surface area (Å²) in [5, 5.41) is 8.81. The van der Waals surface area contributed by atoms with Gasteiger partial charge in [0.2, 0.25) is 0 Å². The number of carbonyl (C=O) groups excluding carboxylic acids is 1. The van der Waals surface area contributed by atoms with Gasteiger partial charge in [0.15, 0.2) is 0 Å². The fraction of sp³-hybridized carbons (Fsp3) is 0.650. The van der Waals surface area contributed by atoms with Crippen LogP contribution in [0.5, 0.6) is 0 Å². The van der Waals surface area contributed by atoms with Crippen molar-refractivity contribution < 1.29 is 10.0 Å². The third-order valence-corrected chi connectivity index (χ3v) is 6.72. The molecule has 4 heteroatoms. The van der Waals surface area contributed by atoms with E-state index in [1.165, 1.54) is 56.1 Å². The van der Waals surface area contributed by atoms with E-state index in [4.69, 9.17) is 5.21 Å². The van der Waals surface area contributed by atoms with Crippen LogP contribution in [0.1, 0.15) is 73.4 Å². The van der Waals surface area contributed by atoms with Crippen LogP contribution in [0.4, 0.5) is 0 Å². The lowest BCUT2D eigenvalue weighted by molar-refractivity contribution is -0.0471. The van der Waals surface area contributed by atoms with E-state index >= 15 is 0 Å². The third kappa shape index (κ3) is 2.76. The molecular weight excluding hydrogens is 300 g/mol. The highest BCUT2D eigenvalue weighted by Crippen LogP contribution is 2.54. The zero-order valence-corrected chi connectivity index (χ0v) is 14.6. The normalized spacial score (nSPS) is 26.7. The van der Waals surface area contributed by atoms with Crippen molar-refractivity contribution in [2.45, 2.75) is 76.9 Å². The maximum Gasteiger partial charge on any atom is 0.274 e. The second-order valence-corrected chi connectivity index (χ2v) is 8.27. The lowest BCUT2D eigenvalue weighted by atomic mass is 9.57. The molecule has 24 heavy (non-hydrogen) atoms. The van der Waals surface area contributed by atoms with E-state index in [1.807, 2.05) is 12.1 Å². The first kappa shape index (κ1) is 16.1. The summed E-state index contributed by atoms with van der Waals surface area (Å²) in [5.74, 6) is -0.425. The van der Waals surface area contributed by atoms with Crippen molar-refractivity contribution in [3.8, 4) is 0 Å². The van der Waals surface area contributed by atoms with Crippen molar-refractivity contribution in [1.29, 1.82) is 0 Å². The van der Waals surface area contributed by atoms with Gasteiger partial charge in [0.25, 0.3) is 5.91 Å². The minimum atomic E-state index is -0.425. The van der Waals surface area contributed by atoms with Crippen LogP contribution in [-0.2, 0) is 13.0 Å². The molecule has 2 saturated carbocycles. The van der Waals surface area contributed by atoms with Crippen LogP contribution in [0, 0.1) is 5.41 Å². The lowest BCUT2D eigenvalue weighted by Crippen LogP contribution is -2.55. The number of hydroxylamine groups is 1. The molecule has 1 atom stereocenters. The molecule has 130 valence electrons. The van der Waals surface area contributed by atoms with Gasteiger partial charge in [-0.15, -0.1) is 0 Å². The molecule has 0 radical (unpaired) electrons. The van der Waals surface area contributed by atoms with Crippen molar-refractivity contribution in [1.82, 2.24) is 10.4 Å². The van der Waals surface area contributed by atoms with E-state index in [2.05, 4.69) is 17.9 Å². The Morgan fingerprint density at radius 1 is 1.21 bits per heavy atom. The summed E-state index contributed by atoms with van der Waals surface area (Å²) in [5.41, 5.74) is 5.54. The molecule has 1 spiro atoms. The predicted molar refractivity (Wildman–Crippen MR) is 92.9 cm³/mol. The molecule has 2 aliphatic carbocycles. The zero-order chi connectivity index (χ0) is 16.7. The summed E-state index contributed by atoms with van der Waals surface area (Å²) in [6.07, 6.45) is 11.0. The van der Waals surface area contributed by atoms with Crippen molar-refractivity contribution in [2.75, 3.05) is 0 Å². The molecule has 1 aromatic carbocycles. The van der Waals surface area contributed by atoms with Crippen LogP contribution in [0.3, 0.4) is 0 Å². The number of amides is 1. The largest absolute Gasteiger partial charge is 0.293 e. The summed E-state index contributed by atoms with van der Waals surface area (Å²) in [6.45, 7) is 3.31. The molecule has 1 heterocycles. The Labute approximate surface area is 144 Å². The molecule has 1 aromatic rings. The maximum atomic E-state index is 11.6. The van der Waals surface area contributed by atoms with Gasteiger partial charge in [-0.3, -0.25) is 14.9 Å². The van der Waals surface area contributed by atoms with E-state index in [-0.39, 0.29) is 0 Å². The Kier molecular flexibility index (Phi) is 4.13. The quantitative estimate of drug-likeness (QED) is 0.643. The number of fused-ring (bicyclic) bond motifs is 1. The van der Waals surface area contributed by atoms with Crippen molar-refractivity contribution >= 4 is 5.91 Å². The minimum absolute atomic E-state index is 0.425. The Bertz CT molecular complexity index is 629. The van der Waals surface area contributed by atoms with Crippen LogP contribution in [0.2, 0.25) is 0 Å². The second-order valence-electron chi connectivity index (χ2n) is 8.27. The molecule has 3 aliphatic rings. The van der Waals surface area contributed by atoms with Gasteiger partial charge in [0.05, 0.1) is 0 Å². The van der Waals surface area contributed by atoms with Gasteiger partial charge in [-0.1, -0.05) is 25.3 Å². The maximum absolute atomic E-state index is 11.6. The molecule has 1 aliphatic heterocycles. The van der Waals surface area contributed by atoms with E-state index < -0.39 is 5.91 Å². The summed E-state index contributed by atoms with van der Waals surface area (Å²) in [7, 11) is 0. The Morgan fingerprint density at radius 2 is 1.96 bits per heavy atom. The highest BCUT2D eigenvalue weighted by atomic mass is 16.5. The van der Waals surface area contributed by atoms with Crippen molar-refractivity contribution in [3.63, 3.8) is 0 Å². The minimum Gasteiger partial charge on any atom is -0.293 e. The predicted octanol–water partition coefficient (Wildman–Crippen LogP) is 3.67. The monoisotopic (exact) mass is 328 g/mol. The summed E-state index contributed by atoms with van der Waals surface area (Å²) >= 11 is 0. The molecule has 2 fully saturated rings. The van der Waals surface area contributed by atoms with Gasteiger partial charge < -0.3 is 0 Å². The van der Waals surface area contributed by atoms with Crippen LogP contribution in [0.25, 0.3) is 0 Å². The highest BCUT2D eigenvalue weighted by Gasteiger charge is 2.47. The number of rotatable bonds is 2. The fourth-order valence-electron chi connectivity index (χ4n) is 5.34. The van der Waals surface area contributed by atoms with Crippen LogP contribution < -0.4 is 5.48 Å². The molecule has 0 saturated heterocycles. The van der Waals surface area contributed by atoms with Crippen LogP contribution in [-0.4, -0.2) is 28.1 Å². The molecule has 1 amide bonds. The molecule has 0 aromatic heterocycles. The van der Waals surface area contributed by atoms with E-state index in [1.54, 1.807) is 5.48 Å². The van der Waals surface area contributed by atoms with E-state index in [0.29, 0.717) is 17.0 Å². The van der Waals surface area contributed by atoms with Crippen LogP contribution >= 0.6 is 0 Å². The van der Waals surface area contributed by atoms with Gasteiger partial charge in [0, 0.05) is 24.2 Å². The molecule has 0 bridgehead atoms. The third-order valence-electron chi connectivity index (χ3n) is 6.72. The summed E-state index contributed by atoms with van der Waals surface area (Å²) in [6, 6.07) is 7.09. The lowest BCUT2D eigenvalue weighted by Gasteiger charge is -2.56. The average molecular weight is 328 g/mol. The first-order valence-electron chi connectivity index (χ1n) is 9.42. The van der Waals surface area contributed by atoms with Crippen LogP contribution in [0.15, 0.2) is 18.2 Å². The van der Waals surface area contributed by atoms with E-state index in [9.17, 15) is 4.79 Å². The van der Waals surface area contributed by atoms with Gasteiger partial charge in [-0.25, -0.2) is 5.48 Å². The molecule has 4 nitrogen and oxygen atoms in total. The zero-order valence-electron chi connectivity index (χ0n) is 14.6. The first-order valence-corrected chi connectivity index (χ1v) is 9.42. The number of hydrogen-bond donors (Lipinski definition) is 2. The number of hydrogen-bond acceptors (Lipinski definition) is 3. The van der Waals surface area contributed by atoms with Gasteiger partial charge in [-0.05, 0) is 67.7 Å². The average Bonchev–Trinajstić information content (AvgIpc) is 2.58. The Balaban J connectivity index is 1.46. The Hall–Kier alpha value is -1.39. The standard InChI is InChI=1S/C20H28N2O2/c1-14-9-17-10-15(19(23)21-24)5-6-16(17)13-22(14)18-11-20(12-18)7-3-2-4-8-20/h5-6,10,14,18,24H,2-4,7-9,11-13H2,1H3,(H,21,23)/t14-/m0/s1.